The number of nitrogens with zero attached hydrogens (tertiary/aromatic N) is 1. The number of nitrogens with one attached hydrogen (secondary N) is 1. The number of rotatable bonds is 3. The molecule has 5 rings (SSSR count). The number of benzene rings is 2. The van der Waals surface area contributed by atoms with Crippen LogP contribution in [0.4, 0.5) is 11.4 Å². The van der Waals surface area contributed by atoms with E-state index in [0.717, 1.165) is 4.47 Å². The zero-order valence-corrected chi connectivity index (χ0v) is 19.6. The summed E-state index contributed by atoms with van der Waals surface area (Å²) < 4.78 is 6.15. The van der Waals surface area contributed by atoms with Gasteiger partial charge in [0.05, 0.1) is 12.3 Å². The molecule has 8 heteroatoms. The lowest BCUT2D eigenvalue weighted by Gasteiger charge is -2.44. The molecule has 0 radical (unpaired) electrons. The van der Waals surface area contributed by atoms with Gasteiger partial charge in [-0.1, -0.05) is 30.3 Å². The third kappa shape index (κ3) is 2.90. The lowest BCUT2D eigenvalue weighted by molar-refractivity contribution is -0.140. The number of hydrogen-bond donors (Lipinski definition) is 2. The number of halogens is 1. The Morgan fingerprint density at radius 3 is 2.64 bits per heavy atom. The van der Waals surface area contributed by atoms with Crippen LogP contribution in [0.2, 0.25) is 0 Å². The largest absolute Gasteiger partial charge is 0.462 e. The van der Waals surface area contributed by atoms with Gasteiger partial charge in [-0.15, -0.1) is 0 Å². The SMILES string of the molecule is CCOC(=O)C1=C(N)N(c2ccccc2Br)C2=C(C(=O)CCC2)C12C(=O)Nc1ccccc12. The van der Waals surface area contributed by atoms with E-state index in [9.17, 15) is 14.4 Å². The molecule has 33 heavy (non-hydrogen) atoms. The first-order chi connectivity index (χ1) is 15.9. The number of para-hydroxylation sites is 2. The van der Waals surface area contributed by atoms with Crippen LogP contribution in [-0.4, -0.2) is 24.3 Å². The first-order valence-electron chi connectivity index (χ1n) is 10.8. The highest BCUT2D eigenvalue weighted by Gasteiger charge is 2.61. The van der Waals surface area contributed by atoms with Crippen LogP contribution in [0, 0.1) is 0 Å². The monoisotopic (exact) mass is 507 g/mol. The molecule has 1 spiro atoms. The van der Waals surface area contributed by atoms with Gasteiger partial charge in [-0.2, -0.15) is 0 Å². The third-order valence-electron chi connectivity index (χ3n) is 6.39. The van der Waals surface area contributed by atoms with Gasteiger partial charge < -0.3 is 15.8 Å². The molecule has 0 fully saturated rings. The quantitative estimate of drug-likeness (QED) is 0.610. The Labute approximate surface area is 199 Å². The summed E-state index contributed by atoms with van der Waals surface area (Å²) in [6, 6.07) is 14.5. The van der Waals surface area contributed by atoms with Crippen molar-refractivity contribution >= 4 is 45.0 Å². The number of nitrogens with two attached hydrogens (primary N) is 1. The minimum absolute atomic E-state index is 0.0310. The summed E-state index contributed by atoms with van der Waals surface area (Å²) in [5, 5.41) is 2.87. The number of fused-ring (bicyclic) bond motifs is 3. The van der Waals surface area contributed by atoms with E-state index >= 15 is 0 Å². The standard InChI is InChI=1S/C25H22BrN3O4/c1-2-33-23(31)21-22(27)29(17-11-6-4-9-15(17)26)18-12-7-13-19(30)20(18)25(21)14-8-3-5-10-16(14)28-24(25)32/h3-6,8-11H,2,7,12-13,27H2,1H3,(H,28,32). The van der Waals surface area contributed by atoms with E-state index in [1.54, 1.807) is 36.1 Å². The van der Waals surface area contributed by atoms with E-state index < -0.39 is 17.3 Å². The van der Waals surface area contributed by atoms with Gasteiger partial charge in [0.25, 0.3) is 0 Å². The molecular weight excluding hydrogens is 486 g/mol. The predicted octanol–water partition coefficient (Wildman–Crippen LogP) is 3.90. The molecule has 2 aromatic rings. The molecular formula is C25H22BrN3O4. The summed E-state index contributed by atoms with van der Waals surface area (Å²) in [5.41, 5.74) is 7.76. The van der Waals surface area contributed by atoms with Crippen molar-refractivity contribution in [2.45, 2.75) is 31.6 Å². The third-order valence-corrected chi connectivity index (χ3v) is 7.07. The van der Waals surface area contributed by atoms with Crippen LogP contribution in [0.25, 0.3) is 0 Å². The van der Waals surface area contributed by atoms with Gasteiger partial charge in [0, 0.05) is 33.4 Å². The zero-order valence-electron chi connectivity index (χ0n) is 18.0. The second-order valence-corrected chi connectivity index (χ2v) is 8.97. The smallest absolute Gasteiger partial charge is 0.339 e. The fraction of sp³-hybridized carbons (Fsp3) is 0.240. The molecule has 3 N–H and O–H groups in total. The average molecular weight is 508 g/mol. The zero-order chi connectivity index (χ0) is 23.3. The Morgan fingerprint density at radius 1 is 1.15 bits per heavy atom. The van der Waals surface area contributed by atoms with E-state index in [1.165, 1.54) is 0 Å². The second kappa shape index (κ2) is 7.88. The maximum atomic E-state index is 13.8. The van der Waals surface area contributed by atoms with Crippen LogP contribution in [-0.2, 0) is 24.5 Å². The second-order valence-electron chi connectivity index (χ2n) is 8.12. The average Bonchev–Trinajstić information content (AvgIpc) is 3.07. The number of anilines is 2. The fourth-order valence-electron chi connectivity index (χ4n) is 5.17. The summed E-state index contributed by atoms with van der Waals surface area (Å²) in [6.07, 6.45) is 1.45. The lowest BCUT2D eigenvalue weighted by atomic mass is 9.63. The minimum Gasteiger partial charge on any atom is -0.462 e. The van der Waals surface area contributed by atoms with Crippen molar-refractivity contribution in [2.24, 2.45) is 5.73 Å². The Morgan fingerprint density at radius 2 is 1.88 bits per heavy atom. The van der Waals surface area contributed by atoms with Crippen LogP contribution < -0.4 is 16.0 Å². The molecule has 7 nitrogen and oxygen atoms in total. The molecule has 3 aliphatic rings. The number of Topliss-reactive ketones (excluding diaryl/α,β-unsaturated/α-hetero) is 1. The number of allylic oxidation sites excluding steroid dienone is 1. The summed E-state index contributed by atoms with van der Waals surface area (Å²) in [6.45, 7) is 1.79. The van der Waals surface area contributed by atoms with Gasteiger partial charge in [-0.3, -0.25) is 14.5 Å². The van der Waals surface area contributed by atoms with Crippen molar-refractivity contribution in [3.05, 3.63) is 81.2 Å². The molecule has 2 aliphatic heterocycles. The maximum absolute atomic E-state index is 13.8. The van der Waals surface area contributed by atoms with Crippen LogP contribution >= 0.6 is 15.9 Å². The van der Waals surface area contributed by atoms with Crippen LogP contribution in [0.5, 0.6) is 0 Å². The van der Waals surface area contributed by atoms with Gasteiger partial charge in [-0.25, -0.2) is 4.79 Å². The lowest BCUT2D eigenvalue weighted by Crippen LogP contribution is -2.53. The summed E-state index contributed by atoms with van der Waals surface area (Å²) in [5.74, 6) is -1.27. The molecule has 2 aromatic carbocycles. The fourth-order valence-corrected chi connectivity index (χ4v) is 5.64. The van der Waals surface area contributed by atoms with Gasteiger partial charge in [0.2, 0.25) is 5.91 Å². The number of amides is 1. The molecule has 1 amide bonds. The van der Waals surface area contributed by atoms with Gasteiger partial charge in [0.1, 0.15) is 16.8 Å². The molecule has 2 heterocycles. The van der Waals surface area contributed by atoms with Crippen molar-refractivity contribution in [3.8, 4) is 0 Å². The van der Waals surface area contributed by atoms with Crippen molar-refractivity contribution in [1.29, 1.82) is 0 Å². The predicted molar refractivity (Wildman–Crippen MR) is 127 cm³/mol. The van der Waals surface area contributed by atoms with Crippen molar-refractivity contribution in [2.75, 3.05) is 16.8 Å². The molecule has 0 saturated heterocycles. The number of ether oxygens (including phenoxy) is 1. The Hall–Kier alpha value is -3.39. The van der Waals surface area contributed by atoms with E-state index in [4.69, 9.17) is 10.5 Å². The van der Waals surface area contributed by atoms with Gasteiger partial charge in [-0.05, 0) is 53.9 Å². The van der Waals surface area contributed by atoms with E-state index in [0.29, 0.717) is 41.1 Å². The van der Waals surface area contributed by atoms with Crippen LogP contribution in [0.1, 0.15) is 31.7 Å². The summed E-state index contributed by atoms with van der Waals surface area (Å²) >= 11 is 3.57. The van der Waals surface area contributed by atoms with Crippen molar-refractivity contribution in [1.82, 2.24) is 0 Å². The number of hydrogen-bond acceptors (Lipinski definition) is 6. The molecule has 0 saturated carbocycles. The molecule has 0 bridgehead atoms. The first-order valence-corrected chi connectivity index (χ1v) is 11.6. The highest BCUT2D eigenvalue weighted by molar-refractivity contribution is 9.10. The van der Waals surface area contributed by atoms with E-state index in [1.807, 2.05) is 24.3 Å². The highest BCUT2D eigenvalue weighted by Crippen LogP contribution is 2.55. The van der Waals surface area contributed by atoms with Crippen LogP contribution in [0.3, 0.4) is 0 Å². The van der Waals surface area contributed by atoms with Crippen molar-refractivity contribution < 1.29 is 19.1 Å². The summed E-state index contributed by atoms with van der Waals surface area (Å²) in [7, 11) is 0. The van der Waals surface area contributed by atoms with Crippen LogP contribution in [0.15, 0.2) is 75.7 Å². The van der Waals surface area contributed by atoms with Crippen molar-refractivity contribution in [3.63, 3.8) is 0 Å². The number of ketones is 1. The molecule has 168 valence electrons. The van der Waals surface area contributed by atoms with E-state index in [-0.39, 0.29) is 30.2 Å². The molecule has 0 aromatic heterocycles. The topological polar surface area (TPSA) is 102 Å². The first kappa shape index (κ1) is 21.5. The van der Waals surface area contributed by atoms with E-state index in [2.05, 4.69) is 21.2 Å². The normalized spacial score (nSPS) is 21.8. The Balaban J connectivity index is 1.91. The molecule has 1 atom stereocenters. The maximum Gasteiger partial charge on any atom is 0.339 e. The Bertz CT molecular complexity index is 1280. The highest BCUT2D eigenvalue weighted by atomic mass is 79.9. The number of carbonyl (C=O) groups excluding carboxylic acids is 3. The van der Waals surface area contributed by atoms with Gasteiger partial charge in [0.15, 0.2) is 5.78 Å². The van der Waals surface area contributed by atoms with Gasteiger partial charge >= 0.3 is 5.97 Å². The molecule has 1 aliphatic carbocycles. The molecule has 1 unspecified atom stereocenters. The number of esters is 1. The summed E-state index contributed by atoms with van der Waals surface area (Å²) in [4.78, 5) is 42.5. The number of carbonyl (C=O) groups is 3. The Kier molecular flexibility index (Phi) is 5.12. The minimum atomic E-state index is -1.66.